The number of amides is 1. The quantitative estimate of drug-likeness (QED) is 0.504. The first kappa shape index (κ1) is 24.1. The van der Waals surface area contributed by atoms with Crippen LogP contribution in [0.15, 0.2) is 12.3 Å². The van der Waals surface area contributed by atoms with Gasteiger partial charge in [0, 0.05) is 37.5 Å². The molecule has 2 aromatic heterocycles. The van der Waals surface area contributed by atoms with Crippen LogP contribution in [0.4, 0.5) is 5.82 Å². The molecule has 0 bridgehead atoms. The van der Waals surface area contributed by atoms with Crippen LogP contribution in [0.3, 0.4) is 0 Å². The Kier molecular flexibility index (Phi) is 8.53. The maximum Gasteiger partial charge on any atom is 0.272 e. The third-order valence-corrected chi connectivity index (χ3v) is 6.57. The minimum atomic E-state index is -0.0978. The number of carbonyl (C=O) groups excluding carboxylic acids is 1. The van der Waals surface area contributed by atoms with Gasteiger partial charge in [0.05, 0.1) is 18.4 Å². The van der Waals surface area contributed by atoms with Gasteiger partial charge in [0.1, 0.15) is 11.6 Å². The number of hydrogen-bond acceptors (Lipinski definition) is 5. The molecule has 2 aromatic rings. The largest absolute Gasteiger partial charge is 0.496 e. The summed E-state index contributed by atoms with van der Waals surface area (Å²) >= 11 is 0. The third-order valence-electron chi connectivity index (χ3n) is 6.57. The summed E-state index contributed by atoms with van der Waals surface area (Å²) in [5.74, 6) is 2.79. The Morgan fingerprint density at radius 2 is 2.00 bits per heavy atom. The number of nitrogens with zero attached hydrogens (tertiary/aromatic N) is 3. The highest BCUT2D eigenvalue weighted by Gasteiger charge is 2.24. The monoisotopic (exact) mass is 441 g/mol. The number of pyridine rings is 1. The van der Waals surface area contributed by atoms with Crippen LogP contribution in [0.2, 0.25) is 0 Å². The highest BCUT2D eigenvalue weighted by atomic mass is 16.5. The summed E-state index contributed by atoms with van der Waals surface area (Å²) in [5.41, 5.74) is 3.07. The van der Waals surface area contributed by atoms with Crippen molar-refractivity contribution in [3.05, 3.63) is 23.5 Å². The van der Waals surface area contributed by atoms with Gasteiger partial charge in [0.2, 0.25) is 0 Å². The zero-order valence-corrected chi connectivity index (χ0v) is 20.3. The van der Waals surface area contributed by atoms with E-state index >= 15 is 0 Å². The van der Waals surface area contributed by atoms with Crippen molar-refractivity contribution < 1.29 is 9.53 Å². The topological polar surface area (TPSA) is 81.1 Å². The lowest BCUT2D eigenvalue weighted by Gasteiger charge is -2.26. The van der Waals surface area contributed by atoms with Crippen LogP contribution < -0.4 is 15.4 Å². The summed E-state index contributed by atoms with van der Waals surface area (Å²) in [6.45, 7) is 10.7. The number of unbranched alkanes of at least 4 members (excludes halogenated alkanes) is 1. The Morgan fingerprint density at radius 3 is 2.66 bits per heavy atom. The maximum atomic E-state index is 13.0. The van der Waals surface area contributed by atoms with Crippen molar-refractivity contribution in [3.8, 4) is 17.0 Å². The minimum Gasteiger partial charge on any atom is -0.496 e. The van der Waals surface area contributed by atoms with Gasteiger partial charge in [-0.15, -0.1) is 0 Å². The Hall–Kier alpha value is -2.57. The Bertz CT molecular complexity index is 900. The van der Waals surface area contributed by atoms with E-state index in [9.17, 15) is 4.79 Å². The summed E-state index contributed by atoms with van der Waals surface area (Å²) in [6.07, 6.45) is 8.92. The third kappa shape index (κ3) is 5.61. The van der Waals surface area contributed by atoms with E-state index in [2.05, 4.69) is 34.6 Å². The zero-order chi connectivity index (χ0) is 23.1. The molecule has 0 radical (unpaired) electrons. The Morgan fingerprint density at radius 1 is 1.25 bits per heavy atom. The predicted octanol–water partition coefficient (Wildman–Crippen LogP) is 5.05. The molecule has 3 rings (SSSR count). The molecule has 32 heavy (non-hydrogen) atoms. The van der Waals surface area contributed by atoms with E-state index in [0.717, 1.165) is 60.2 Å². The molecular weight excluding hydrogens is 402 g/mol. The smallest absolute Gasteiger partial charge is 0.272 e. The van der Waals surface area contributed by atoms with Crippen molar-refractivity contribution in [1.82, 2.24) is 20.1 Å². The molecule has 7 nitrogen and oxygen atoms in total. The average molecular weight is 442 g/mol. The first-order valence-electron chi connectivity index (χ1n) is 12.1. The van der Waals surface area contributed by atoms with E-state index in [1.165, 1.54) is 25.7 Å². The number of ether oxygens (including phenoxy) is 1. The second kappa shape index (κ2) is 11.3. The first-order chi connectivity index (χ1) is 15.5. The highest BCUT2D eigenvalue weighted by molar-refractivity contribution is 5.95. The molecule has 2 heterocycles. The van der Waals surface area contributed by atoms with Crippen molar-refractivity contribution in [2.75, 3.05) is 25.5 Å². The van der Waals surface area contributed by atoms with Crippen LogP contribution in [0, 0.1) is 18.8 Å². The van der Waals surface area contributed by atoms with Gasteiger partial charge in [-0.05, 0) is 44.9 Å². The molecule has 1 aliphatic carbocycles. The summed E-state index contributed by atoms with van der Waals surface area (Å²) in [4.78, 5) is 17.6. The van der Waals surface area contributed by atoms with Crippen molar-refractivity contribution >= 4 is 11.7 Å². The molecule has 0 atom stereocenters. The lowest BCUT2D eigenvalue weighted by Crippen LogP contribution is -2.31. The van der Waals surface area contributed by atoms with Crippen molar-refractivity contribution in [2.45, 2.75) is 72.8 Å². The lowest BCUT2D eigenvalue weighted by molar-refractivity contribution is 0.0935. The molecule has 1 fully saturated rings. The zero-order valence-electron chi connectivity index (χ0n) is 20.3. The van der Waals surface area contributed by atoms with Crippen LogP contribution in [0.5, 0.6) is 5.75 Å². The number of nitrogens with one attached hydrogen (secondary N) is 2. The van der Waals surface area contributed by atoms with Gasteiger partial charge in [0.15, 0.2) is 5.69 Å². The molecule has 0 unspecified atom stereocenters. The van der Waals surface area contributed by atoms with Gasteiger partial charge in [-0.3, -0.25) is 9.48 Å². The Labute approximate surface area is 192 Å². The summed E-state index contributed by atoms with van der Waals surface area (Å²) < 4.78 is 7.56. The van der Waals surface area contributed by atoms with E-state index in [4.69, 9.17) is 4.74 Å². The van der Waals surface area contributed by atoms with Gasteiger partial charge in [-0.25, -0.2) is 4.98 Å². The van der Waals surface area contributed by atoms with Crippen LogP contribution in [0.25, 0.3) is 11.3 Å². The van der Waals surface area contributed by atoms with Gasteiger partial charge in [-0.1, -0.05) is 33.1 Å². The molecule has 1 aliphatic rings. The van der Waals surface area contributed by atoms with Gasteiger partial charge in [-0.2, -0.15) is 5.10 Å². The molecular formula is C25H39N5O2. The molecule has 0 aromatic carbocycles. The van der Waals surface area contributed by atoms with Gasteiger partial charge >= 0.3 is 0 Å². The second-order valence-electron chi connectivity index (χ2n) is 9.02. The molecule has 7 heteroatoms. The molecule has 0 saturated heterocycles. The van der Waals surface area contributed by atoms with Crippen molar-refractivity contribution in [2.24, 2.45) is 11.8 Å². The first-order valence-corrected chi connectivity index (χ1v) is 12.1. The van der Waals surface area contributed by atoms with Crippen LogP contribution in [-0.4, -0.2) is 40.9 Å². The van der Waals surface area contributed by atoms with Gasteiger partial charge in [0.25, 0.3) is 5.91 Å². The molecule has 1 amide bonds. The van der Waals surface area contributed by atoms with Gasteiger partial charge < -0.3 is 15.4 Å². The van der Waals surface area contributed by atoms with Crippen molar-refractivity contribution in [1.29, 1.82) is 0 Å². The SMILES string of the molecule is CCCCNc1cc(OC)c(-c2c(C)c(C(=O)NCC3CCC(C)CC3)nn2CC)cn1. The number of anilines is 1. The molecule has 0 aliphatic heterocycles. The standard InChI is InChI=1S/C25H39N5O2/c1-6-8-13-26-22-14-21(32-5)20(16-27-22)24-18(4)23(29-30(24)7-2)25(31)28-15-19-11-9-17(3)10-12-19/h14,16-17,19H,6-13,15H2,1-5H3,(H,26,27)(H,28,31). The predicted molar refractivity (Wildman–Crippen MR) is 129 cm³/mol. The summed E-state index contributed by atoms with van der Waals surface area (Å²) in [6, 6.07) is 1.92. The van der Waals surface area contributed by atoms with E-state index in [1.54, 1.807) is 7.11 Å². The summed E-state index contributed by atoms with van der Waals surface area (Å²) in [7, 11) is 1.66. The van der Waals surface area contributed by atoms with Crippen molar-refractivity contribution in [3.63, 3.8) is 0 Å². The number of carbonyl (C=O) groups is 1. The molecule has 176 valence electrons. The van der Waals surface area contributed by atoms with E-state index in [-0.39, 0.29) is 5.91 Å². The second-order valence-corrected chi connectivity index (χ2v) is 9.02. The molecule has 1 saturated carbocycles. The van der Waals surface area contributed by atoms with E-state index in [0.29, 0.717) is 18.2 Å². The fourth-order valence-corrected chi connectivity index (χ4v) is 4.46. The summed E-state index contributed by atoms with van der Waals surface area (Å²) in [5, 5.41) is 11.1. The number of aryl methyl sites for hydroxylation is 1. The highest BCUT2D eigenvalue weighted by Crippen LogP contribution is 2.34. The lowest BCUT2D eigenvalue weighted by atomic mass is 9.83. The maximum absolute atomic E-state index is 13.0. The molecule has 0 spiro atoms. The number of rotatable bonds is 10. The Balaban J connectivity index is 1.79. The molecule has 2 N–H and O–H groups in total. The fourth-order valence-electron chi connectivity index (χ4n) is 4.46. The number of aromatic nitrogens is 3. The number of methoxy groups -OCH3 is 1. The minimum absolute atomic E-state index is 0.0978. The fraction of sp³-hybridized carbons (Fsp3) is 0.640. The van der Waals surface area contributed by atoms with Crippen LogP contribution in [-0.2, 0) is 6.54 Å². The van der Waals surface area contributed by atoms with E-state index in [1.807, 2.05) is 30.8 Å². The average Bonchev–Trinajstić information content (AvgIpc) is 3.14. The van der Waals surface area contributed by atoms with Crippen LogP contribution in [0.1, 0.15) is 75.3 Å². The van der Waals surface area contributed by atoms with Crippen LogP contribution >= 0.6 is 0 Å². The normalized spacial score (nSPS) is 18.4. The number of hydrogen-bond donors (Lipinski definition) is 2. The van der Waals surface area contributed by atoms with E-state index < -0.39 is 0 Å².